The molecule has 1 atom stereocenters. The van der Waals surface area contributed by atoms with Gasteiger partial charge in [-0.3, -0.25) is 4.79 Å². The fraction of sp³-hybridized carbons (Fsp3) is 0.800. The summed E-state index contributed by atoms with van der Waals surface area (Å²) in [6.45, 7) is 3.55. The Morgan fingerprint density at radius 1 is 1.36 bits per heavy atom. The largest absolute Gasteiger partial charge is 4.00 e. The summed E-state index contributed by atoms with van der Waals surface area (Å²) in [6.07, 6.45) is 0. The van der Waals surface area contributed by atoms with E-state index in [4.69, 9.17) is 10.8 Å². The van der Waals surface area contributed by atoms with Crippen LogP contribution in [0.4, 0.5) is 0 Å². The van der Waals surface area contributed by atoms with E-state index in [1.54, 1.807) is 13.8 Å². The second kappa shape index (κ2) is 9.93. The first-order valence-electron chi connectivity index (χ1n) is 2.54. The van der Waals surface area contributed by atoms with Gasteiger partial charge in [0.25, 0.3) is 0 Å². The van der Waals surface area contributed by atoms with Gasteiger partial charge in [-0.2, -0.15) is 0 Å². The third kappa shape index (κ3) is 9.93. The number of nitrogens with two attached hydrogens (primary N) is 1. The fourth-order valence-electron chi connectivity index (χ4n) is 0.285. The van der Waals surface area contributed by atoms with E-state index >= 15 is 0 Å². The van der Waals surface area contributed by atoms with Crippen LogP contribution in [0, 0.1) is 5.92 Å². The van der Waals surface area contributed by atoms with Crippen molar-refractivity contribution in [3.05, 3.63) is 0 Å². The Hall–Kier alpha value is -0.0656. The van der Waals surface area contributed by atoms with Gasteiger partial charge in [-0.05, 0) is 5.92 Å². The van der Waals surface area contributed by atoms with Crippen molar-refractivity contribution in [1.29, 1.82) is 0 Å². The molecule has 0 aliphatic carbocycles. The minimum Gasteiger partial charge on any atom is -2.00 e. The van der Waals surface area contributed by atoms with Crippen molar-refractivity contribution in [2.45, 2.75) is 19.9 Å². The molecule has 0 saturated carbocycles. The Balaban J connectivity index is -0.0000000817. The van der Waals surface area contributed by atoms with Gasteiger partial charge >= 0.3 is 24.5 Å². The maximum Gasteiger partial charge on any atom is 4.00 e. The van der Waals surface area contributed by atoms with Gasteiger partial charge in [0, 0.05) is 0 Å². The number of hydrogen-bond donors (Lipinski definition) is 2. The number of hydrogen-bond acceptors (Lipinski definition) is 2. The molecule has 1 radical (unpaired) electrons. The normalized spacial score (nSPS) is 10.2. The smallest absolute Gasteiger partial charge is 2.00 e. The molecule has 0 bridgehead atoms. The van der Waals surface area contributed by atoms with Crippen molar-refractivity contribution < 1.29 is 39.4 Å². The molecule has 0 fully saturated rings. The zero-order valence-electron chi connectivity index (χ0n) is 6.35. The van der Waals surface area contributed by atoms with Crippen molar-refractivity contribution in [2.75, 3.05) is 0 Å². The fourth-order valence-corrected chi connectivity index (χ4v) is 0.285. The van der Waals surface area contributed by atoms with Crippen LogP contribution in [-0.4, -0.2) is 17.1 Å². The molecule has 6 heteroatoms. The summed E-state index contributed by atoms with van der Waals surface area (Å²) in [4.78, 5) is 10.0. The van der Waals surface area contributed by atoms with Crippen molar-refractivity contribution >= 4 is 5.97 Å². The summed E-state index contributed by atoms with van der Waals surface area (Å²) in [5, 5.41) is 8.23. The van der Waals surface area contributed by atoms with Crippen LogP contribution in [0.2, 0.25) is 0 Å². The SMILES string of the molecule is CC(C)[C@H](N)C(=O)O.[O-2].[O-2].[V+4]. The second-order valence-corrected chi connectivity index (χ2v) is 2.11. The second-order valence-electron chi connectivity index (χ2n) is 2.11. The monoisotopic (exact) mass is 200 g/mol. The van der Waals surface area contributed by atoms with E-state index in [1.807, 2.05) is 0 Å². The van der Waals surface area contributed by atoms with E-state index < -0.39 is 12.0 Å². The van der Waals surface area contributed by atoms with Crippen molar-refractivity contribution in [3.63, 3.8) is 0 Å². The summed E-state index contributed by atoms with van der Waals surface area (Å²) in [5.41, 5.74) is 5.16. The van der Waals surface area contributed by atoms with Gasteiger partial charge in [-0.1, -0.05) is 13.8 Å². The summed E-state index contributed by atoms with van der Waals surface area (Å²) in [7, 11) is 0. The minimum absolute atomic E-state index is 0. The Morgan fingerprint density at radius 2 is 1.64 bits per heavy atom. The molecule has 0 amide bonds. The minimum atomic E-state index is -0.931. The molecule has 5 nitrogen and oxygen atoms in total. The van der Waals surface area contributed by atoms with Crippen molar-refractivity contribution in [2.24, 2.45) is 11.7 Å². The molecule has 0 unspecified atom stereocenters. The molecule has 65 valence electrons. The topological polar surface area (TPSA) is 120 Å². The van der Waals surface area contributed by atoms with E-state index in [0.717, 1.165) is 0 Å². The quantitative estimate of drug-likeness (QED) is 0.642. The number of carbonyl (C=O) groups is 1. The van der Waals surface area contributed by atoms with Gasteiger partial charge in [-0.25, -0.2) is 0 Å². The first-order chi connectivity index (χ1) is 3.55. The summed E-state index contributed by atoms with van der Waals surface area (Å²) >= 11 is 0. The Kier molecular flexibility index (Phi) is 20.3. The molecule has 0 rings (SSSR count). The Morgan fingerprint density at radius 3 is 1.64 bits per heavy atom. The van der Waals surface area contributed by atoms with Crippen LogP contribution in [0.15, 0.2) is 0 Å². The van der Waals surface area contributed by atoms with Crippen LogP contribution in [-0.2, 0) is 34.3 Å². The molecule has 0 spiro atoms. The molecule has 0 heterocycles. The summed E-state index contributed by atoms with van der Waals surface area (Å²) < 4.78 is 0. The molecule has 0 aromatic heterocycles. The van der Waals surface area contributed by atoms with Gasteiger partial charge in [0.15, 0.2) is 0 Å². The van der Waals surface area contributed by atoms with Crippen LogP contribution in [0.3, 0.4) is 0 Å². The maximum absolute atomic E-state index is 10.0. The van der Waals surface area contributed by atoms with E-state index in [1.165, 1.54) is 0 Å². The van der Waals surface area contributed by atoms with Gasteiger partial charge in [0.1, 0.15) is 6.04 Å². The molecule has 0 aliphatic rings. The molecule has 11 heavy (non-hydrogen) atoms. The first-order valence-corrected chi connectivity index (χ1v) is 2.54. The predicted molar refractivity (Wildman–Crippen MR) is 31.8 cm³/mol. The molecule has 0 aromatic carbocycles. The van der Waals surface area contributed by atoms with Crippen LogP contribution in [0.25, 0.3) is 0 Å². The van der Waals surface area contributed by atoms with Gasteiger partial charge in [0.2, 0.25) is 0 Å². The van der Waals surface area contributed by atoms with E-state index in [-0.39, 0.29) is 35.4 Å². The third-order valence-electron chi connectivity index (χ3n) is 1.00. The molecule has 0 aromatic rings. The van der Waals surface area contributed by atoms with Crippen LogP contribution in [0.1, 0.15) is 13.8 Å². The van der Waals surface area contributed by atoms with Crippen molar-refractivity contribution in [1.82, 2.24) is 0 Å². The van der Waals surface area contributed by atoms with Crippen molar-refractivity contribution in [3.8, 4) is 0 Å². The molecule has 3 N–H and O–H groups in total. The van der Waals surface area contributed by atoms with E-state index in [9.17, 15) is 4.79 Å². The molecule has 0 saturated heterocycles. The van der Waals surface area contributed by atoms with Crippen LogP contribution >= 0.6 is 0 Å². The summed E-state index contributed by atoms with van der Waals surface area (Å²) in [6, 6.07) is -0.713. The molecular formula is C5H11NO4V. The number of aliphatic carboxylic acids is 1. The van der Waals surface area contributed by atoms with Crippen LogP contribution < -0.4 is 5.73 Å². The van der Waals surface area contributed by atoms with Crippen LogP contribution in [0.5, 0.6) is 0 Å². The standard InChI is InChI=1S/C5H11NO2.2O.V/c1-3(2)4(6)5(7)8;;;/h3-4H,6H2,1-2H3,(H,7,8);;;/q;2*-2;+4/t4-;;;/m0.../s1. The van der Waals surface area contributed by atoms with Gasteiger partial charge in [0.05, 0.1) is 0 Å². The predicted octanol–water partition coefficient (Wildman–Crippen LogP) is -0.186. The molecule has 0 aliphatic heterocycles. The average molecular weight is 200 g/mol. The van der Waals surface area contributed by atoms with Gasteiger partial charge < -0.3 is 21.8 Å². The number of carboxylic acids is 1. The molecular weight excluding hydrogens is 189 g/mol. The first kappa shape index (κ1) is 22.4. The van der Waals surface area contributed by atoms with Gasteiger partial charge in [-0.15, -0.1) is 0 Å². The average Bonchev–Trinajstić information content (AvgIpc) is 1.64. The van der Waals surface area contributed by atoms with E-state index in [0.29, 0.717) is 0 Å². The zero-order valence-corrected chi connectivity index (χ0v) is 7.75. The third-order valence-corrected chi connectivity index (χ3v) is 1.00. The Labute approximate surface area is 77.5 Å². The van der Waals surface area contributed by atoms with E-state index in [2.05, 4.69) is 0 Å². The Bertz CT molecular complexity index is 98.5. The zero-order chi connectivity index (χ0) is 6.73. The summed E-state index contributed by atoms with van der Waals surface area (Å²) in [5.74, 6) is -0.910. The number of rotatable bonds is 2. The maximum atomic E-state index is 10.0. The number of carboxylic acid groups (broad SMARTS) is 1.